The molecule has 24 heavy (non-hydrogen) atoms. The highest BCUT2D eigenvalue weighted by molar-refractivity contribution is 7.81. The fourth-order valence-electron chi connectivity index (χ4n) is 3.01. The molecule has 132 valence electrons. The molecule has 1 aromatic rings. The molecule has 2 atom stereocenters. The van der Waals surface area contributed by atoms with Gasteiger partial charge in [0.05, 0.1) is 24.3 Å². The number of aryl methyl sites for hydroxylation is 1. The van der Waals surface area contributed by atoms with Crippen LogP contribution in [0, 0.1) is 6.92 Å². The van der Waals surface area contributed by atoms with Crippen LogP contribution >= 0.6 is 12.6 Å². The van der Waals surface area contributed by atoms with Gasteiger partial charge in [-0.2, -0.15) is 12.6 Å². The lowest BCUT2D eigenvalue weighted by atomic mass is 9.94. The van der Waals surface area contributed by atoms with Crippen LogP contribution in [0.25, 0.3) is 0 Å². The van der Waals surface area contributed by atoms with Crippen LogP contribution in [0.5, 0.6) is 0 Å². The predicted molar refractivity (Wildman–Crippen MR) is 91.8 cm³/mol. The van der Waals surface area contributed by atoms with E-state index in [2.05, 4.69) is 20.2 Å². The summed E-state index contributed by atoms with van der Waals surface area (Å²) in [7, 11) is 1.53. The van der Waals surface area contributed by atoms with Crippen LogP contribution in [0.4, 0.5) is 0 Å². The number of amides is 1. The van der Waals surface area contributed by atoms with E-state index < -0.39 is 11.0 Å². The average molecular weight is 352 g/mol. The van der Waals surface area contributed by atoms with Crippen molar-refractivity contribution in [2.24, 2.45) is 0 Å². The van der Waals surface area contributed by atoms with Gasteiger partial charge in [-0.05, 0) is 19.8 Å². The largest absolute Gasteiger partial charge is 0.379 e. The molecule has 0 bridgehead atoms. The lowest BCUT2D eigenvalue weighted by Gasteiger charge is -2.42. The third-order valence-electron chi connectivity index (χ3n) is 4.56. The van der Waals surface area contributed by atoms with Crippen LogP contribution in [-0.4, -0.2) is 65.6 Å². The molecule has 2 heterocycles. The molecule has 3 rings (SSSR count). The molecule has 2 unspecified atom stereocenters. The number of carbonyl (C=O) groups excluding carboxylic acids is 1. The van der Waals surface area contributed by atoms with Gasteiger partial charge < -0.3 is 14.8 Å². The third-order valence-corrected chi connectivity index (χ3v) is 5.25. The van der Waals surface area contributed by atoms with Crippen LogP contribution < -0.4 is 5.32 Å². The maximum Gasteiger partial charge on any atom is 0.261 e. The zero-order valence-corrected chi connectivity index (χ0v) is 15.0. The van der Waals surface area contributed by atoms with Crippen molar-refractivity contribution in [2.45, 2.75) is 36.8 Å². The van der Waals surface area contributed by atoms with E-state index in [9.17, 15) is 4.79 Å². The molecule has 0 aromatic carbocycles. The molecule has 0 radical (unpaired) electrons. The van der Waals surface area contributed by atoms with Gasteiger partial charge in [0.25, 0.3) is 5.91 Å². The highest BCUT2D eigenvalue weighted by Gasteiger charge is 2.52. The molecular weight excluding hydrogens is 328 g/mol. The molecule has 1 saturated heterocycles. The van der Waals surface area contributed by atoms with Crippen molar-refractivity contribution < 1.29 is 14.3 Å². The minimum absolute atomic E-state index is 0.206. The van der Waals surface area contributed by atoms with Crippen LogP contribution in [-0.2, 0) is 19.9 Å². The maximum atomic E-state index is 13.2. The van der Waals surface area contributed by atoms with Gasteiger partial charge in [-0.25, -0.2) is 0 Å². The summed E-state index contributed by atoms with van der Waals surface area (Å²) in [5, 5.41) is 2.57. The van der Waals surface area contributed by atoms with Crippen LogP contribution in [0.15, 0.2) is 12.4 Å². The van der Waals surface area contributed by atoms with Gasteiger partial charge in [0.15, 0.2) is 0 Å². The van der Waals surface area contributed by atoms with E-state index in [4.69, 9.17) is 22.1 Å². The zero-order valence-electron chi connectivity index (χ0n) is 14.1. The van der Waals surface area contributed by atoms with E-state index in [1.54, 1.807) is 12.4 Å². The van der Waals surface area contributed by atoms with E-state index >= 15 is 0 Å². The normalized spacial score (nSPS) is 22.6. The lowest BCUT2D eigenvalue weighted by molar-refractivity contribution is -0.152. The number of hydrogen-bond acceptors (Lipinski definition) is 7. The highest BCUT2D eigenvalue weighted by Crippen LogP contribution is 2.36. The first-order valence-electron chi connectivity index (χ1n) is 8.23. The molecular formula is C16H24N4O3S. The number of nitrogens with one attached hydrogen (secondary N) is 1. The van der Waals surface area contributed by atoms with Crippen molar-refractivity contribution in [1.82, 2.24) is 20.2 Å². The highest BCUT2D eigenvalue weighted by atomic mass is 32.1. The van der Waals surface area contributed by atoms with Crippen molar-refractivity contribution in [2.75, 3.05) is 33.4 Å². The Bertz CT molecular complexity index is 592. The van der Waals surface area contributed by atoms with Gasteiger partial charge in [0, 0.05) is 38.6 Å². The topological polar surface area (TPSA) is 76.6 Å². The Hall–Kier alpha value is -1.22. The maximum absolute atomic E-state index is 13.2. The Morgan fingerprint density at radius 3 is 2.67 bits per heavy atom. The number of nitrogens with zero attached hydrogens (tertiary/aromatic N) is 3. The number of hydrogen-bond donors (Lipinski definition) is 2. The van der Waals surface area contributed by atoms with Crippen molar-refractivity contribution in [1.29, 1.82) is 0 Å². The number of morpholine rings is 1. The summed E-state index contributed by atoms with van der Waals surface area (Å²) in [6.45, 7) is 4.44. The molecule has 7 nitrogen and oxygen atoms in total. The Labute approximate surface area is 147 Å². The SMILES string of the molecule is COC(C(=O)NC1CC1)(c1nccnc1C)C(S)N1CCOCC1. The summed E-state index contributed by atoms with van der Waals surface area (Å²) in [6, 6.07) is 0.217. The quantitative estimate of drug-likeness (QED) is 0.726. The van der Waals surface area contributed by atoms with Crippen molar-refractivity contribution in [3.63, 3.8) is 0 Å². The van der Waals surface area contributed by atoms with E-state index in [1.165, 1.54) is 7.11 Å². The van der Waals surface area contributed by atoms with Gasteiger partial charge in [-0.15, -0.1) is 0 Å². The first-order valence-corrected chi connectivity index (χ1v) is 8.75. The molecule has 1 amide bonds. The second-order valence-corrected chi connectivity index (χ2v) is 6.69. The summed E-state index contributed by atoms with van der Waals surface area (Å²) < 4.78 is 11.3. The summed E-state index contributed by atoms with van der Waals surface area (Å²) in [5.74, 6) is -0.206. The molecule has 1 aliphatic carbocycles. The molecule has 8 heteroatoms. The summed E-state index contributed by atoms with van der Waals surface area (Å²) >= 11 is 4.79. The number of ether oxygens (including phenoxy) is 2. The Morgan fingerprint density at radius 2 is 2.08 bits per heavy atom. The molecule has 1 saturated carbocycles. The number of aromatic nitrogens is 2. The standard InChI is InChI=1S/C16H24N4O3S/c1-11-13(18-6-5-17-11)16(22-2,14(21)19-12-3-4-12)15(24)20-7-9-23-10-8-20/h5-6,12,15,24H,3-4,7-10H2,1-2H3,(H,19,21). The van der Waals surface area contributed by atoms with Gasteiger partial charge in [-0.3, -0.25) is 19.7 Å². The fraction of sp³-hybridized carbons (Fsp3) is 0.688. The van der Waals surface area contributed by atoms with Crippen LogP contribution in [0.3, 0.4) is 0 Å². The van der Waals surface area contributed by atoms with Crippen LogP contribution in [0.2, 0.25) is 0 Å². The molecule has 1 aromatic heterocycles. The van der Waals surface area contributed by atoms with E-state index in [0.717, 1.165) is 12.8 Å². The summed E-state index contributed by atoms with van der Waals surface area (Å²) in [5.41, 5.74) is -0.142. The Morgan fingerprint density at radius 1 is 1.42 bits per heavy atom. The number of carbonyl (C=O) groups is 1. The summed E-state index contributed by atoms with van der Waals surface area (Å²) in [4.78, 5) is 24.0. The van der Waals surface area contributed by atoms with Gasteiger partial charge in [0.1, 0.15) is 5.69 Å². The van der Waals surface area contributed by atoms with Crippen LogP contribution in [0.1, 0.15) is 24.2 Å². The van der Waals surface area contributed by atoms with Crippen molar-refractivity contribution in [3.8, 4) is 0 Å². The zero-order chi connectivity index (χ0) is 17.2. The second-order valence-electron chi connectivity index (χ2n) is 6.20. The van der Waals surface area contributed by atoms with E-state index in [1.807, 2.05) is 6.92 Å². The number of methoxy groups -OCH3 is 1. The monoisotopic (exact) mass is 352 g/mol. The minimum Gasteiger partial charge on any atom is -0.379 e. The third kappa shape index (κ3) is 3.28. The predicted octanol–water partition coefficient (Wildman–Crippen LogP) is 0.493. The first-order chi connectivity index (χ1) is 11.6. The Balaban J connectivity index is 2.00. The molecule has 0 spiro atoms. The van der Waals surface area contributed by atoms with E-state index in [-0.39, 0.29) is 11.9 Å². The average Bonchev–Trinajstić information content (AvgIpc) is 3.42. The smallest absolute Gasteiger partial charge is 0.261 e. The summed E-state index contributed by atoms with van der Waals surface area (Å²) in [6.07, 6.45) is 5.19. The van der Waals surface area contributed by atoms with Gasteiger partial charge in [0.2, 0.25) is 5.60 Å². The molecule has 1 N–H and O–H groups in total. The number of rotatable bonds is 6. The lowest BCUT2D eigenvalue weighted by Crippen LogP contribution is -2.60. The Kier molecular flexibility index (Phi) is 5.39. The number of thiol groups is 1. The first kappa shape index (κ1) is 17.6. The van der Waals surface area contributed by atoms with Gasteiger partial charge >= 0.3 is 0 Å². The van der Waals surface area contributed by atoms with E-state index in [0.29, 0.717) is 37.7 Å². The molecule has 1 aliphatic heterocycles. The van der Waals surface area contributed by atoms with Gasteiger partial charge in [-0.1, -0.05) is 0 Å². The minimum atomic E-state index is -1.32. The second kappa shape index (κ2) is 7.35. The van der Waals surface area contributed by atoms with Crippen molar-refractivity contribution >= 4 is 18.5 Å². The molecule has 2 aliphatic rings. The molecule has 2 fully saturated rings. The van der Waals surface area contributed by atoms with Crippen molar-refractivity contribution in [3.05, 3.63) is 23.8 Å². The fourth-order valence-corrected chi connectivity index (χ4v) is 3.59.